The van der Waals surface area contributed by atoms with Crippen molar-refractivity contribution >= 4 is 22.3 Å². The highest BCUT2D eigenvalue weighted by Crippen LogP contribution is 2.21. The predicted octanol–water partition coefficient (Wildman–Crippen LogP) is 1.97. The smallest absolute Gasteiger partial charge is 0.274 e. The molecular formula is C15H16N4O. The van der Waals surface area contributed by atoms with Crippen LogP contribution in [0.2, 0.25) is 0 Å². The number of aromatic amines is 1. The number of nitrogen functional groups attached to an aromatic ring is 1. The van der Waals surface area contributed by atoms with E-state index >= 15 is 0 Å². The molecule has 0 radical (unpaired) electrons. The van der Waals surface area contributed by atoms with Gasteiger partial charge in [-0.05, 0) is 36.4 Å². The van der Waals surface area contributed by atoms with Crippen molar-refractivity contribution in [2.45, 2.75) is 0 Å². The van der Waals surface area contributed by atoms with Gasteiger partial charge in [0.2, 0.25) is 0 Å². The summed E-state index contributed by atoms with van der Waals surface area (Å²) in [7, 11) is 3.98. The topological polar surface area (TPSA) is 67.0 Å². The molecule has 20 heavy (non-hydrogen) atoms. The molecule has 0 saturated heterocycles. The molecule has 3 rings (SSSR count). The summed E-state index contributed by atoms with van der Waals surface area (Å²) in [6, 6.07) is 13.4. The molecule has 0 amide bonds. The third-order valence-corrected chi connectivity index (χ3v) is 3.38. The number of hydrogen-bond donors (Lipinski definition) is 2. The van der Waals surface area contributed by atoms with Crippen LogP contribution in [-0.4, -0.2) is 23.9 Å². The Hall–Kier alpha value is -2.69. The minimum atomic E-state index is -0.171. The van der Waals surface area contributed by atoms with E-state index in [9.17, 15) is 4.79 Å². The summed E-state index contributed by atoms with van der Waals surface area (Å²) in [5.74, 6) is 0. The lowest BCUT2D eigenvalue weighted by atomic mass is 10.2. The molecule has 1 heterocycles. The summed E-state index contributed by atoms with van der Waals surface area (Å²) in [4.78, 5) is 14.0. The second-order valence-electron chi connectivity index (χ2n) is 4.93. The highest BCUT2D eigenvalue weighted by atomic mass is 16.1. The largest absolute Gasteiger partial charge is 0.398 e. The quantitative estimate of drug-likeness (QED) is 0.698. The van der Waals surface area contributed by atoms with Gasteiger partial charge in [-0.25, -0.2) is 0 Å². The average molecular weight is 268 g/mol. The van der Waals surface area contributed by atoms with Crippen LogP contribution in [0.4, 0.5) is 11.4 Å². The number of aromatic nitrogens is 2. The number of nitrogens with zero attached hydrogens (tertiary/aromatic N) is 2. The standard InChI is InChI=1S/C15H16N4O/c1-18(2)10-6-8-11(9-7-10)19-13-5-3-4-12(16)14(13)15(20)17-19/h3-9H,16H2,1-2H3,(H,17,20). The molecule has 3 aromatic rings. The molecule has 0 aliphatic rings. The van der Waals surface area contributed by atoms with Gasteiger partial charge in [0.05, 0.1) is 16.6 Å². The van der Waals surface area contributed by atoms with Crippen LogP contribution in [0.3, 0.4) is 0 Å². The van der Waals surface area contributed by atoms with Crippen LogP contribution < -0.4 is 16.2 Å². The summed E-state index contributed by atoms with van der Waals surface area (Å²) in [5, 5.41) is 3.36. The third kappa shape index (κ3) is 1.84. The van der Waals surface area contributed by atoms with Crippen molar-refractivity contribution in [1.29, 1.82) is 0 Å². The maximum absolute atomic E-state index is 12.0. The Bertz CT molecular complexity index is 812. The Labute approximate surface area is 116 Å². The van der Waals surface area contributed by atoms with Gasteiger partial charge >= 0.3 is 0 Å². The Morgan fingerprint density at radius 1 is 1.10 bits per heavy atom. The maximum Gasteiger partial charge on any atom is 0.274 e. The van der Waals surface area contributed by atoms with Gasteiger partial charge in [0.25, 0.3) is 5.56 Å². The summed E-state index contributed by atoms with van der Waals surface area (Å²) in [6.07, 6.45) is 0. The lowest BCUT2D eigenvalue weighted by Crippen LogP contribution is -2.09. The minimum Gasteiger partial charge on any atom is -0.398 e. The van der Waals surface area contributed by atoms with Gasteiger partial charge in [-0.15, -0.1) is 0 Å². The molecule has 0 bridgehead atoms. The van der Waals surface area contributed by atoms with Gasteiger partial charge < -0.3 is 10.6 Å². The maximum atomic E-state index is 12.0. The van der Waals surface area contributed by atoms with Crippen molar-refractivity contribution in [3.63, 3.8) is 0 Å². The van der Waals surface area contributed by atoms with E-state index in [4.69, 9.17) is 5.73 Å². The van der Waals surface area contributed by atoms with Crippen molar-refractivity contribution in [2.24, 2.45) is 0 Å². The zero-order valence-corrected chi connectivity index (χ0v) is 11.4. The van der Waals surface area contributed by atoms with E-state index in [0.717, 1.165) is 16.9 Å². The molecule has 102 valence electrons. The fourth-order valence-corrected chi connectivity index (χ4v) is 2.31. The van der Waals surface area contributed by atoms with E-state index in [-0.39, 0.29) is 5.56 Å². The average Bonchev–Trinajstić information content (AvgIpc) is 2.77. The monoisotopic (exact) mass is 268 g/mol. The number of benzene rings is 2. The number of nitrogens with one attached hydrogen (secondary N) is 1. The number of hydrogen-bond acceptors (Lipinski definition) is 3. The number of H-pyrrole nitrogens is 1. The molecule has 2 aromatic carbocycles. The van der Waals surface area contributed by atoms with Crippen molar-refractivity contribution in [1.82, 2.24) is 9.78 Å². The van der Waals surface area contributed by atoms with Gasteiger partial charge in [0, 0.05) is 25.5 Å². The zero-order valence-electron chi connectivity index (χ0n) is 11.4. The first kappa shape index (κ1) is 12.3. The number of fused-ring (bicyclic) bond motifs is 1. The number of rotatable bonds is 2. The molecule has 3 N–H and O–H groups in total. The summed E-state index contributed by atoms with van der Waals surface area (Å²) in [6.45, 7) is 0. The van der Waals surface area contributed by atoms with Crippen LogP contribution >= 0.6 is 0 Å². The van der Waals surface area contributed by atoms with Crippen LogP contribution in [0.15, 0.2) is 47.3 Å². The van der Waals surface area contributed by atoms with E-state index in [0.29, 0.717) is 11.1 Å². The highest BCUT2D eigenvalue weighted by Gasteiger charge is 2.10. The van der Waals surface area contributed by atoms with Crippen molar-refractivity contribution in [3.05, 3.63) is 52.8 Å². The molecular weight excluding hydrogens is 252 g/mol. The molecule has 0 unspecified atom stereocenters. The predicted molar refractivity (Wildman–Crippen MR) is 82.6 cm³/mol. The summed E-state index contributed by atoms with van der Waals surface area (Å²) >= 11 is 0. The van der Waals surface area contributed by atoms with Crippen molar-refractivity contribution in [3.8, 4) is 5.69 Å². The fraction of sp³-hybridized carbons (Fsp3) is 0.133. The lowest BCUT2D eigenvalue weighted by molar-refractivity contribution is 0.891. The highest BCUT2D eigenvalue weighted by molar-refractivity contribution is 5.90. The lowest BCUT2D eigenvalue weighted by Gasteiger charge is -2.13. The molecule has 0 atom stereocenters. The normalized spacial score (nSPS) is 10.9. The van der Waals surface area contributed by atoms with Crippen LogP contribution in [0.25, 0.3) is 16.6 Å². The van der Waals surface area contributed by atoms with Crippen LogP contribution in [0.1, 0.15) is 0 Å². The van der Waals surface area contributed by atoms with Gasteiger partial charge in [0.1, 0.15) is 0 Å². The fourth-order valence-electron chi connectivity index (χ4n) is 2.31. The van der Waals surface area contributed by atoms with E-state index in [1.807, 2.05) is 55.4 Å². The van der Waals surface area contributed by atoms with E-state index in [1.165, 1.54) is 0 Å². The van der Waals surface area contributed by atoms with Crippen LogP contribution in [0, 0.1) is 0 Å². The van der Waals surface area contributed by atoms with E-state index in [1.54, 1.807) is 10.7 Å². The van der Waals surface area contributed by atoms with Crippen LogP contribution in [0.5, 0.6) is 0 Å². The molecule has 1 aromatic heterocycles. The zero-order chi connectivity index (χ0) is 14.3. The summed E-state index contributed by atoms with van der Waals surface area (Å²) < 4.78 is 1.76. The molecule has 0 saturated carbocycles. The Morgan fingerprint density at radius 3 is 2.45 bits per heavy atom. The Morgan fingerprint density at radius 2 is 1.80 bits per heavy atom. The van der Waals surface area contributed by atoms with Gasteiger partial charge in [-0.2, -0.15) is 0 Å². The van der Waals surface area contributed by atoms with E-state index < -0.39 is 0 Å². The van der Waals surface area contributed by atoms with E-state index in [2.05, 4.69) is 5.10 Å². The summed E-state index contributed by atoms with van der Waals surface area (Å²) in [5.41, 5.74) is 8.98. The second-order valence-corrected chi connectivity index (χ2v) is 4.93. The molecule has 0 aliphatic heterocycles. The molecule has 0 aliphatic carbocycles. The minimum absolute atomic E-state index is 0.171. The molecule has 0 spiro atoms. The first-order valence-corrected chi connectivity index (χ1v) is 6.35. The first-order chi connectivity index (χ1) is 9.58. The molecule has 5 heteroatoms. The second kappa shape index (κ2) is 4.45. The molecule has 5 nitrogen and oxygen atoms in total. The van der Waals surface area contributed by atoms with Gasteiger partial charge in [-0.3, -0.25) is 14.6 Å². The van der Waals surface area contributed by atoms with Crippen LogP contribution in [-0.2, 0) is 0 Å². The Kier molecular flexibility index (Phi) is 2.75. The van der Waals surface area contributed by atoms with Crippen molar-refractivity contribution in [2.75, 3.05) is 24.7 Å². The molecule has 0 fully saturated rings. The van der Waals surface area contributed by atoms with Gasteiger partial charge in [-0.1, -0.05) is 6.07 Å². The van der Waals surface area contributed by atoms with Crippen molar-refractivity contribution < 1.29 is 0 Å². The van der Waals surface area contributed by atoms with Gasteiger partial charge in [0.15, 0.2) is 0 Å². The Balaban J connectivity index is 2.20. The SMILES string of the molecule is CN(C)c1ccc(-n2[nH]c(=O)c3c(N)cccc32)cc1. The first-order valence-electron chi connectivity index (χ1n) is 6.35. The number of nitrogens with two attached hydrogens (primary N) is 1. The third-order valence-electron chi connectivity index (χ3n) is 3.38. The number of anilines is 2.